The Morgan fingerprint density at radius 2 is 2.23 bits per heavy atom. The van der Waals surface area contributed by atoms with Crippen molar-refractivity contribution in [3.05, 3.63) is 40.4 Å². The summed E-state index contributed by atoms with van der Waals surface area (Å²) in [5.41, 5.74) is 0.561. The second-order valence-electron chi connectivity index (χ2n) is 4.09. The third kappa shape index (κ3) is 4.23. The van der Waals surface area contributed by atoms with Crippen LogP contribution in [0.5, 0.6) is 5.75 Å². The van der Waals surface area contributed by atoms with E-state index in [4.69, 9.17) is 4.74 Å². The Morgan fingerprint density at radius 1 is 1.41 bits per heavy atom. The number of aromatic nitrogens is 2. The summed E-state index contributed by atoms with van der Waals surface area (Å²) in [4.78, 5) is 12.1. The molecule has 2 aromatic rings. The largest absolute Gasteiger partial charge is 0.478 e. The minimum Gasteiger partial charge on any atom is -0.478 e. The van der Waals surface area contributed by atoms with Crippen LogP contribution >= 0.6 is 11.5 Å². The first-order valence-corrected chi connectivity index (χ1v) is 6.96. The summed E-state index contributed by atoms with van der Waals surface area (Å²) in [7, 11) is 0. The number of aryl methyl sites for hydroxylation is 1. The Labute approximate surface area is 129 Å². The molecule has 0 saturated heterocycles. The molecule has 0 aliphatic heterocycles. The van der Waals surface area contributed by atoms with Crippen molar-refractivity contribution < 1.29 is 18.3 Å². The first-order valence-electron chi connectivity index (χ1n) is 6.18. The molecule has 0 saturated carbocycles. The van der Waals surface area contributed by atoms with Gasteiger partial charge in [-0.25, -0.2) is 8.78 Å². The number of carbonyl (C=O) groups excluding carboxylic acids is 1. The molecule has 22 heavy (non-hydrogen) atoms. The minimum absolute atomic E-state index is 0.0699. The molecule has 0 aliphatic carbocycles. The van der Waals surface area contributed by atoms with Crippen molar-refractivity contribution in [1.29, 1.82) is 0 Å². The van der Waals surface area contributed by atoms with Gasteiger partial charge in [0.2, 0.25) is 0 Å². The maximum atomic E-state index is 13.2. The molecule has 0 atom stereocenters. The van der Waals surface area contributed by atoms with Gasteiger partial charge in [0.25, 0.3) is 5.91 Å². The Bertz CT molecular complexity index is 737. The van der Waals surface area contributed by atoms with E-state index in [9.17, 15) is 13.6 Å². The van der Waals surface area contributed by atoms with Crippen molar-refractivity contribution in [3.63, 3.8) is 0 Å². The molecule has 0 bridgehead atoms. The number of rotatable bonds is 4. The second-order valence-corrected chi connectivity index (χ2v) is 4.84. The van der Waals surface area contributed by atoms with Gasteiger partial charge in [0.15, 0.2) is 11.6 Å². The SMILES string of the molecule is Cc1nnsc1C(=O)NCC#CCOc1ccc(F)cc1F. The Balaban J connectivity index is 1.76. The van der Waals surface area contributed by atoms with Gasteiger partial charge in [0.1, 0.15) is 17.3 Å². The summed E-state index contributed by atoms with van der Waals surface area (Å²) in [5.74, 6) is 3.44. The Hall–Kier alpha value is -2.53. The van der Waals surface area contributed by atoms with Crippen LogP contribution in [-0.2, 0) is 0 Å². The standard InChI is InChI=1S/C14H11F2N3O2S/c1-9-13(22-19-18-9)14(20)17-6-2-3-7-21-12-5-4-10(15)8-11(12)16/h4-5,8H,6-7H2,1H3,(H,17,20). The molecule has 1 amide bonds. The van der Waals surface area contributed by atoms with Gasteiger partial charge in [-0.3, -0.25) is 4.79 Å². The molecule has 8 heteroatoms. The van der Waals surface area contributed by atoms with E-state index in [-0.39, 0.29) is 24.8 Å². The van der Waals surface area contributed by atoms with Crippen LogP contribution in [0.15, 0.2) is 18.2 Å². The van der Waals surface area contributed by atoms with Crippen LogP contribution in [0.25, 0.3) is 0 Å². The van der Waals surface area contributed by atoms with Crippen molar-refractivity contribution in [2.75, 3.05) is 13.2 Å². The highest BCUT2D eigenvalue weighted by Crippen LogP contribution is 2.17. The monoisotopic (exact) mass is 323 g/mol. The molecule has 1 aromatic heterocycles. The van der Waals surface area contributed by atoms with Gasteiger partial charge in [-0.15, -0.1) is 5.10 Å². The summed E-state index contributed by atoms with van der Waals surface area (Å²) < 4.78 is 34.6. The molecule has 1 N–H and O–H groups in total. The summed E-state index contributed by atoms with van der Waals surface area (Å²) in [6.07, 6.45) is 0. The van der Waals surface area contributed by atoms with Gasteiger partial charge in [-0.1, -0.05) is 16.3 Å². The molecule has 0 unspecified atom stereocenters. The van der Waals surface area contributed by atoms with Crippen molar-refractivity contribution in [2.24, 2.45) is 0 Å². The third-order valence-corrected chi connectivity index (χ3v) is 3.34. The van der Waals surface area contributed by atoms with Gasteiger partial charge in [0, 0.05) is 6.07 Å². The topological polar surface area (TPSA) is 64.1 Å². The average molecular weight is 323 g/mol. The van der Waals surface area contributed by atoms with Crippen molar-refractivity contribution >= 4 is 17.4 Å². The van der Waals surface area contributed by atoms with Crippen LogP contribution in [0.4, 0.5) is 8.78 Å². The lowest BCUT2D eigenvalue weighted by atomic mass is 10.3. The predicted octanol–water partition coefficient (Wildman–Crippen LogP) is 1.94. The summed E-state index contributed by atoms with van der Waals surface area (Å²) in [5, 5.41) is 6.31. The van der Waals surface area contributed by atoms with Crippen molar-refractivity contribution in [1.82, 2.24) is 14.9 Å². The fourth-order valence-electron chi connectivity index (χ4n) is 1.46. The molecule has 2 rings (SSSR count). The first kappa shape index (κ1) is 15.9. The molecule has 0 aliphatic rings. The molecule has 1 aromatic carbocycles. The van der Waals surface area contributed by atoms with E-state index in [2.05, 4.69) is 26.7 Å². The summed E-state index contributed by atoms with van der Waals surface area (Å²) in [6.45, 7) is 1.74. The molecule has 1 heterocycles. The van der Waals surface area contributed by atoms with Crippen molar-refractivity contribution in [2.45, 2.75) is 6.92 Å². The van der Waals surface area contributed by atoms with Crippen LogP contribution in [0.3, 0.4) is 0 Å². The smallest absolute Gasteiger partial charge is 0.265 e. The Kier molecular flexibility index (Phi) is 5.38. The summed E-state index contributed by atoms with van der Waals surface area (Å²) in [6, 6.07) is 3.01. The van der Waals surface area contributed by atoms with Gasteiger partial charge in [-0.05, 0) is 30.6 Å². The second kappa shape index (κ2) is 7.47. The van der Waals surface area contributed by atoms with E-state index < -0.39 is 11.6 Å². The van der Waals surface area contributed by atoms with Crippen LogP contribution in [0.2, 0.25) is 0 Å². The maximum absolute atomic E-state index is 13.2. The zero-order valence-electron chi connectivity index (χ0n) is 11.5. The number of benzene rings is 1. The Morgan fingerprint density at radius 3 is 2.91 bits per heavy atom. The van der Waals surface area contributed by atoms with Crippen LogP contribution in [0.1, 0.15) is 15.4 Å². The van der Waals surface area contributed by atoms with E-state index in [0.29, 0.717) is 10.6 Å². The quantitative estimate of drug-likeness (QED) is 0.874. The summed E-state index contributed by atoms with van der Waals surface area (Å²) >= 11 is 1.01. The highest BCUT2D eigenvalue weighted by Gasteiger charge is 2.11. The molecule has 0 fully saturated rings. The minimum atomic E-state index is -0.789. The molecule has 114 valence electrons. The van der Waals surface area contributed by atoms with Crippen molar-refractivity contribution in [3.8, 4) is 17.6 Å². The zero-order chi connectivity index (χ0) is 15.9. The number of nitrogens with one attached hydrogen (secondary N) is 1. The van der Waals surface area contributed by atoms with E-state index in [1.807, 2.05) is 0 Å². The number of amides is 1. The van der Waals surface area contributed by atoms with E-state index >= 15 is 0 Å². The van der Waals surface area contributed by atoms with Gasteiger partial charge < -0.3 is 10.1 Å². The maximum Gasteiger partial charge on any atom is 0.265 e. The number of ether oxygens (including phenoxy) is 1. The lowest BCUT2D eigenvalue weighted by Gasteiger charge is -2.02. The highest BCUT2D eigenvalue weighted by atomic mass is 32.1. The predicted molar refractivity (Wildman–Crippen MR) is 76.6 cm³/mol. The number of carbonyl (C=O) groups is 1. The van der Waals surface area contributed by atoms with E-state index in [0.717, 1.165) is 23.7 Å². The molecule has 0 radical (unpaired) electrons. The van der Waals surface area contributed by atoms with E-state index in [1.165, 1.54) is 6.07 Å². The lowest BCUT2D eigenvalue weighted by molar-refractivity contribution is 0.0962. The number of halogens is 2. The number of hydrogen-bond donors (Lipinski definition) is 1. The van der Waals surface area contributed by atoms with Gasteiger partial charge in [-0.2, -0.15) is 0 Å². The molecule has 5 nitrogen and oxygen atoms in total. The molecular formula is C14H11F2N3O2S. The van der Waals surface area contributed by atoms with Crippen LogP contribution < -0.4 is 10.1 Å². The normalized spacial score (nSPS) is 9.77. The average Bonchev–Trinajstić information content (AvgIpc) is 2.90. The fourth-order valence-corrected chi connectivity index (χ4v) is 2.04. The van der Waals surface area contributed by atoms with Gasteiger partial charge >= 0.3 is 0 Å². The van der Waals surface area contributed by atoms with Crippen LogP contribution in [0, 0.1) is 30.4 Å². The van der Waals surface area contributed by atoms with E-state index in [1.54, 1.807) is 6.92 Å². The lowest BCUT2D eigenvalue weighted by Crippen LogP contribution is -2.23. The fraction of sp³-hybridized carbons (Fsp3) is 0.214. The third-order valence-electron chi connectivity index (χ3n) is 2.51. The zero-order valence-corrected chi connectivity index (χ0v) is 12.3. The van der Waals surface area contributed by atoms with Gasteiger partial charge in [0.05, 0.1) is 12.2 Å². The first-order chi connectivity index (χ1) is 10.6. The highest BCUT2D eigenvalue weighted by molar-refractivity contribution is 7.07. The number of hydrogen-bond acceptors (Lipinski definition) is 5. The van der Waals surface area contributed by atoms with Crippen LogP contribution in [-0.4, -0.2) is 28.6 Å². The molecule has 0 spiro atoms. The molecular weight excluding hydrogens is 312 g/mol. The number of nitrogens with zero attached hydrogens (tertiary/aromatic N) is 2.